The van der Waals surface area contributed by atoms with E-state index < -0.39 is 0 Å². The van der Waals surface area contributed by atoms with Gasteiger partial charge in [0.1, 0.15) is 6.04 Å². The number of rotatable bonds is 8. The summed E-state index contributed by atoms with van der Waals surface area (Å²) in [5.41, 5.74) is 0. The fourth-order valence-corrected chi connectivity index (χ4v) is 2.90. The van der Waals surface area contributed by atoms with Gasteiger partial charge >= 0.3 is 5.97 Å². The van der Waals surface area contributed by atoms with Gasteiger partial charge in [-0.3, -0.25) is 9.69 Å². The number of nitrogens with one attached hydrogen (secondary N) is 1. The van der Waals surface area contributed by atoms with Crippen molar-refractivity contribution in [3.05, 3.63) is 0 Å². The largest absolute Gasteiger partial charge is 0.468 e. The zero-order valence-corrected chi connectivity index (χ0v) is 12.8. The summed E-state index contributed by atoms with van der Waals surface area (Å²) in [5, 5.41) is 3.31. The van der Waals surface area contributed by atoms with Crippen LogP contribution in [0, 0.1) is 0 Å². The van der Waals surface area contributed by atoms with Crippen molar-refractivity contribution in [3.63, 3.8) is 0 Å². The summed E-state index contributed by atoms with van der Waals surface area (Å²) in [6.45, 7) is 6.94. The molecule has 1 saturated carbocycles. The van der Waals surface area contributed by atoms with Crippen LogP contribution in [-0.2, 0) is 9.53 Å². The molecule has 4 heteroatoms. The van der Waals surface area contributed by atoms with Crippen LogP contribution in [0.15, 0.2) is 0 Å². The van der Waals surface area contributed by atoms with E-state index in [2.05, 4.69) is 24.1 Å². The molecule has 0 aromatic rings. The third-order valence-electron chi connectivity index (χ3n) is 4.04. The van der Waals surface area contributed by atoms with Crippen LogP contribution in [0.25, 0.3) is 0 Å². The summed E-state index contributed by atoms with van der Waals surface area (Å²) in [6.07, 6.45) is 7.59. The second-order valence-electron chi connectivity index (χ2n) is 5.41. The smallest absolute Gasteiger partial charge is 0.324 e. The average Bonchev–Trinajstić information content (AvgIpc) is 2.47. The highest BCUT2D eigenvalue weighted by atomic mass is 16.5. The molecule has 0 saturated heterocycles. The van der Waals surface area contributed by atoms with Crippen LogP contribution in [0.3, 0.4) is 0 Å². The molecule has 0 spiro atoms. The molecule has 0 heterocycles. The molecule has 0 amide bonds. The number of carbonyl (C=O) groups is 1. The quantitative estimate of drug-likeness (QED) is 0.686. The van der Waals surface area contributed by atoms with Crippen LogP contribution < -0.4 is 5.32 Å². The van der Waals surface area contributed by atoms with E-state index >= 15 is 0 Å². The van der Waals surface area contributed by atoms with Crippen LogP contribution in [-0.4, -0.2) is 49.7 Å². The molecule has 1 atom stereocenters. The van der Waals surface area contributed by atoms with Gasteiger partial charge < -0.3 is 10.1 Å². The molecule has 0 aromatic heterocycles. The van der Waals surface area contributed by atoms with Crippen molar-refractivity contribution in [1.82, 2.24) is 10.2 Å². The molecule has 0 aliphatic heterocycles. The van der Waals surface area contributed by atoms with E-state index in [0.29, 0.717) is 6.04 Å². The monoisotopic (exact) mass is 270 g/mol. The summed E-state index contributed by atoms with van der Waals surface area (Å²) < 4.78 is 4.91. The Balaban J connectivity index is 2.54. The minimum atomic E-state index is -0.188. The SMILES string of the molecule is CCCNC(CN(CC)C1CCCCC1)C(=O)OC. The Bertz CT molecular complexity index is 253. The Labute approximate surface area is 117 Å². The second kappa shape index (κ2) is 9.32. The zero-order valence-electron chi connectivity index (χ0n) is 12.8. The maximum absolute atomic E-state index is 11.8. The van der Waals surface area contributed by atoms with Crippen LogP contribution in [0.1, 0.15) is 52.4 Å². The molecular formula is C15H30N2O2. The summed E-state index contributed by atoms with van der Waals surface area (Å²) >= 11 is 0. The highest BCUT2D eigenvalue weighted by Crippen LogP contribution is 2.22. The van der Waals surface area contributed by atoms with E-state index in [4.69, 9.17) is 4.74 Å². The van der Waals surface area contributed by atoms with Crippen molar-refractivity contribution in [2.45, 2.75) is 64.5 Å². The average molecular weight is 270 g/mol. The van der Waals surface area contributed by atoms with Gasteiger partial charge in [0.05, 0.1) is 7.11 Å². The summed E-state index contributed by atoms with van der Waals surface area (Å²) in [6, 6.07) is 0.459. The highest BCUT2D eigenvalue weighted by Gasteiger charge is 2.26. The lowest BCUT2D eigenvalue weighted by molar-refractivity contribution is -0.143. The summed E-state index contributed by atoms with van der Waals surface area (Å²) in [7, 11) is 1.47. The number of methoxy groups -OCH3 is 1. The van der Waals surface area contributed by atoms with Crippen molar-refractivity contribution in [2.75, 3.05) is 26.7 Å². The zero-order chi connectivity index (χ0) is 14.1. The molecule has 1 aliphatic carbocycles. The van der Waals surface area contributed by atoms with E-state index in [0.717, 1.165) is 26.1 Å². The lowest BCUT2D eigenvalue weighted by Gasteiger charge is -2.35. The van der Waals surface area contributed by atoms with Gasteiger partial charge in [-0.2, -0.15) is 0 Å². The van der Waals surface area contributed by atoms with Gasteiger partial charge in [-0.1, -0.05) is 33.1 Å². The first kappa shape index (κ1) is 16.4. The Kier molecular flexibility index (Phi) is 8.07. The van der Waals surface area contributed by atoms with Gasteiger partial charge in [-0.15, -0.1) is 0 Å². The van der Waals surface area contributed by atoms with E-state index in [1.807, 2.05) is 0 Å². The van der Waals surface area contributed by atoms with E-state index in [9.17, 15) is 4.79 Å². The number of hydrogen-bond donors (Lipinski definition) is 1. The van der Waals surface area contributed by atoms with Gasteiger partial charge in [0, 0.05) is 12.6 Å². The van der Waals surface area contributed by atoms with E-state index in [1.165, 1.54) is 39.2 Å². The molecule has 112 valence electrons. The number of nitrogens with zero attached hydrogens (tertiary/aromatic N) is 1. The molecule has 1 unspecified atom stereocenters. The van der Waals surface area contributed by atoms with E-state index in [-0.39, 0.29) is 12.0 Å². The minimum absolute atomic E-state index is 0.136. The van der Waals surface area contributed by atoms with Gasteiger partial charge in [0.15, 0.2) is 0 Å². The summed E-state index contributed by atoms with van der Waals surface area (Å²) in [5.74, 6) is -0.136. The first-order valence-corrected chi connectivity index (χ1v) is 7.78. The van der Waals surface area contributed by atoms with Gasteiger partial charge in [-0.25, -0.2) is 0 Å². The molecule has 1 N–H and O–H groups in total. The molecule has 1 aliphatic rings. The van der Waals surface area contributed by atoms with E-state index in [1.54, 1.807) is 0 Å². The third-order valence-corrected chi connectivity index (χ3v) is 4.04. The highest BCUT2D eigenvalue weighted by molar-refractivity contribution is 5.75. The first-order valence-electron chi connectivity index (χ1n) is 7.78. The Morgan fingerprint density at radius 1 is 1.32 bits per heavy atom. The summed E-state index contributed by atoms with van der Waals surface area (Å²) in [4.78, 5) is 14.3. The lowest BCUT2D eigenvalue weighted by atomic mass is 9.94. The molecule has 1 rings (SSSR count). The number of hydrogen-bond acceptors (Lipinski definition) is 4. The Morgan fingerprint density at radius 2 is 2.00 bits per heavy atom. The van der Waals surface area contributed by atoms with Gasteiger partial charge in [-0.05, 0) is 32.4 Å². The predicted octanol–water partition coefficient (Wildman–Crippen LogP) is 2.18. The molecule has 0 aromatic carbocycles. The van der Waals surface area contributed by atoms with Crippen molar-refractivity contribution in [1.29, 1.82) is 0 Å². The van der Waals surface area contributed by atoms with Gasteiger partial charge in [0.25, 0.3) is 0 Å². The maximum atomic E-state index is 11.8. The van der Waals surface area contributed by atoms with Crippen LogP contribution in [0.5, 0.6) is 0 Å². The normalized spacial score (nSPS) is 18.5. The molecule has 0 bridgehead atoms. The predicted molar refractivity (Wildman–Crippen MR) is 78.2 cm³/mol. The molecule has 0 radical (unpaired) electrons. The van der Waals surface area contributed by atoms with Crippen molar-refractivity contribution in [3.8, 4) is 0 Å². The van der Waals surface area contributed by atoms with Crippen molar-refractivity contribution in [2.24, 2.45) is 0 Å². The van der Waals surface area contributed by atoms with Crippen molar-refractivity contribution >= 4 is 5.97 Å². The molecule has 19 heavy (non-hydrogen) atoms. The number of ether oxygens (including phenoxy) is 1. The Morgan fingerprint density at radius 3 is 2.53 bits per heavy atom. The molecule has 1 fully saturated rings. The van der Waals surface area contributed by atoms with Gasteiger partial charge in [0.2, 0.25) is 0 Å². The molecule has 4 nitrogen and oxygen atoms in total. The fraction of sp³-hybridized carbons (Fsp3) is 0.933. The fourth-order valence-electron chi connectivity index (χ4n) is 2.90. The third kappa shape index (κ3) is 5.49. The first-order chi connectivity index (χ1) is 9.22. The standard InChI is InChI=1S/C15H30N2O2/c1-4-11-16-14(15(18)19-3)12-17(5-2)13-9-7-6-8-10-13/h13-14,16H,4-12H2,1-3H3. The topological polar surface area (TPSA) is 41.6 Å². The maximum Gasteiger partial charge on any atom is 0.324 e. The molecular weight excluding hydrogens is 240 g/mol. The van der Waals surface area contributed by atoms with Crippen LogP contribution in [0.2, 0.25) is 0 Å². The number of likely N-dealkylation sites (N-methyl/N-ethyl adjacent to an activating group) is 1. The number of esters is 1. The van der Waals surface area contributed by atoms with Crippen LogP contribution in [0.4, 0.5) is 0 Å². The number of carbonyl (C=O) groups excluding carboxylic acids is 1. The lowest BCUT2D eigenvalue weighted by Crippen LogP contribution is -2.50. The Hall–Kier alpha value is -0.610. The van der Waals surface area contributed by atoms with Crippen LogP contribution >= 0.6 is 0 Å². The van der Waals surface area contributed by atoms with Crippen molar-refractivity contribution < 1.29 is 9.53 Å². The minimum Gasteiger partial charge on any atom is -0.468 e. The second-order valence-corrected chi connectivity index (χ2v) is 5.41.